The van der Waals surface area contributed by atoms with E-state index in [9.17, 15) is 4.39 Å². The first-order valence-corrected chi connectivity index (χ1v) is 3.49. The Bertz CT molecular complexity index is 330. The summed E-state index contributed by atoms with van der Waals surface area (Å²) in [6.07, 6.45) is -1.16. The average molecular weight is 165 g/mol. The Morgan fingerprint density at radius 2 is 2.25 bits per heavy atom. The standard InChI is InChI=1S/C9H8FNO/c1-6-4-7(9(12)5-11)2-3-8(6)10/h2-4,9,12H,1H3. The molecule has 0 heterocycles. The van der Waals surface area contributed by atoms with Gasteiger partial charge >= 0.3 is 0 Å². The van der Waals surface area contributed by atoms with Crippen LogP contribution in [0.1, 0.15) is 17.2 Å². The van der Waals surface area contributed by atoms with Gasteiger partial charge in [-0.05, 0) is 30.2 Å². The predicted octanol–water partition coefficient (Wildman–Crippen LogP) is 1.69. The SMILES string of the molecule is Cc1cc(C(O)C#N)ccc1F. The molecule has 0 aliphatic heterocycles. The maximum atomic E-state index is 12.7. The molecule has 0 saturated heterocycles. The Hall–Kier alpha value is -1.40. The third-order valence-corrected chi connectivity index (χ3v) is 1.62. The van der Waals surface area contributed by atoms with E-state index in [1.165, 1.54) is 18.2 Å². The van der Waals surface area contributed by atoms with Crippen LogP contribution in [0.2, 0.25) is 0 Å². The monoisotopic (exact) mass is 165 g/mol. The summed E-state index contributed by atoms with van der Waals surface area (Å²) in [5.41, 5.74) is 0.859. The molecular weight excluding hydrogens is 157 g/mol. The Morgan fingerprint density at radius 1 is 1.58 bits per heavy atom. The molecule has 0 aliphatic rings. The van der Waals surface area contributed by atoms with Crippen LogP contribution in [0.15, 0.2) is 18.2 Å². The van der Waals surface area contributed by atoms with E-state index in [1.54, 1.807) is 13.0 Å². The van der Waals surface area contributed by atoms with E-state index in [-0.39, 0.29) is 5.82 Å². The van der Waals surface area contributed by atoms with Gasteiger partial charge in [0.25, 0.3) is 0 Å². The highest BCUT2D eigenvalue weighted by Crippen LogP contribution is 2.15. The fourth-order valence-electron chi connectivity index (χ4n) is 0.913. The van der Waals surface area contributed by atoms with Crippen LogP contribution < -0.4 is 0 Å². The number of benzene rings is 1. The molecule has 2 nitrogen and oxygen atoms in total. The zero-order valence-corrected chi connectivity index (χ0v) is 6.58. The zero-order chi connectivity index (χ0) is 9.14. The third kappa shape index (κ3) is 1.60. The summed E-state index contributed by atoms with van der Waals surface area (Å²) in [6, 6.07) is 5.76. The van der Waals surface area contributed by atoms with E-state index in [4.69, 9.17) is 10.4 Å². The minimum absolute atomic E-state index is 0.330. The highest BCUT2D eigenvalue weighted by atomic mass is 19.1. The number of hydrogen-bond donors (Lipinski definition) is 1. The Kier molecular flexibility index (Phi) is 2.41. The molecular formula is C9H8FNO. The number of halogens is 1. The maximum absolute atomic E-state index is 12.7. The Balaban J connectivity index is 3.06. The number of nitriles is 1. The molecule has 62 valence electrons. The maximum Gasteiger partial charge on any atom is 0.165 e. The summed E-state index contributed by atoms with van der Waals surface area (Å²) >= 11 is 0. The predicted molar refractivity (Wildman–Crippen MR) is 41.7 cm³/mol. The van der Waals surface area contributed by atoms with Crippen molar-refractivity contribution in [3.63, 3.8) is 0 Å². The molecule has 0 spiro atoms. The highest BCUT2D eigenvalue weighted by molar-refractivity contribution is 5.28. The first-order valence-electron chi connectivity index (χ1n) is 3.49. The molecule has 12 heavy (non-hydrogen) atoms. The summed E-state index contributed by atoms with van der Waals surface area (Å²) in [5, 5.41) is 17.4. The summed E-state index contributed by atoms with van der Waals surface area (Å²) in [4.78, 5) is 0. The van der Waals surface area contributed by atoms with Crippen molar-refractivity contribution in [1.82, 2.24) is 0 Å². The molecule has 3 heteroatoms. The number of rotatable bonds is 1. The van der Waals surface area contributed by atoms with Crippen molar-refractivity contribution in [1.29, 1.82) is 5.26 Å². The fraction of sp³-hybridized carbons (Fsp3) is 0.222. The van der Waals surface area contributed by atoms with Crippen LogP contribution in [-0.2, 0) is 0 Å². The van der Waals surface area contributed by atoms with Crippen molar-refractivity contribution in [2.75, 3.05) is 0 Å². The summed E-state index contributed by atoms with van der Waals surface area (Å²) in [5.74, 6) is -0.330. The van der Waals surface area contributed by atoms with Crippen LogP contribution in [0.5, 0.6) is 0 Å². The molecule has 1 aromatic carbocycles. The molecule has 1 N–H and O–H groups in total. The first-order chi connectivity index (χ1) is 5.65. The quantitative estimate of drug-likeness (QED) is 0.643. The number of aryl methyl sites for hydroxylation is 1. The van der Waals surface area contributed by atoms with Gasteiger partial charge in [-0.2, -0.15) is 5.26 Å². The van der Waals surface area contributed by atoms with Crippen molar-refractivity contribution in [3.05, 3.63) is 35.1 Å². The lowest BCUT2D eigenvalue weighted by Crippen LogP contribution is -1.94. The smallest absolute Gasteiger partial charge is 0.165 e. The van der Waals surface area contributed by atoms with Gasteiger partial charge in [0, 0.05) is 0 Å². The normalized spacial score (nSPS) is 12.2. The molecule has 0 aliphatic carbocycles. The Morgan fingerprint density at radius 3 is 2.75 bits per heavy atom. The van der Waals surface area contributed by atoms with Crippen LogP contribution in [0, 0.1) is 24.1 Å². The van der Waals surface area contributed by atoms with Crippen LogP contribution >= 0.6 is 0 Å². The second-order valence-electron chi connectivity index (χ2n) is 2.54. The molecule has 0 bridgehead atoms. The number of aliphatic hydroxyl groups is 1. The number of hydrogen-bond acceptors (Lipinski definition) is 2. The lowest BCUT2D eigenvalue weighted by atomic mass is 10.1. The van der Waals surface area contributed by atoms with E-state index in [1.807, 2.05) is 0 Å². The van der Waals surface area contributed by atoms with Gasteiger partial charge in [-0.1, -0.05) is 6.07 Å². The molecule has 1 aromatic rings. The van der Waals surface area contributed by atoms with Gasteiger partial charge in [-0.25, -0.2) is 4.39 Å². The van der Waals surface area contributed by atoms with Crippen molar-refractivity contribution >= 4 is 0 Å². The minimum Gasteiger partial charge on any atom is -0.374 e. The Labute approximate surface area is 69.9 Å². The van der Waals surface area contributed by atoms with E-state index in [0.29, 0.717) is 11.1 Å². The summed E-state index contributed by atoms with van der Waals surface area (Å²) in [6.45, 7) is 1.59. The number of aliphatic hydroxyl groups excluding tert-OH is 1. The molecule has 0 amide bonds. The van der Waals surface area contributed by atoms with Crippen molar-refractivity contribution < 1.29 is 9.50 Å². The fourth-order valence-corrected chi connectivity index (χ4v) is 0.913. The number of nitrogens with zero attached hydrogens (tertiary/aromatic N) is 1. The van der Waals surface area contributed by atoms with Gasteiger partial charge in [-0.15, -0.1) is 0 Å². The van der Waals surface area contributed by atoms with Crippen molar-refractivity contribution in [2.24, 2.45) is 0 Å². The highest BCUT2D eigenvalue weighted by Gasteiger charge is 2.06. The van der Waals surface area contributed by atoms with Gasteiger partial charge < -0.3 is 5.11 Å². The first kappa shape index (κ1) is 8.69. The van der Waals surface area contributed by atoms with E-state index in [2.05, 4.69) is 0 Å². The van der Waals surface area contributed by atoms with E-state index < -0.39 is 6.10 Å². The molecule has 0 aromatic heterocycles. The molecule has 1 atom stereocenters. The summed E-state index contributed by atoms with van der Waals surface area (Å²) in [7, 11) is 0. The molecule has 0 saturated carbocycles. The van der Waals surface area contributed by atoms with Crippen LogP contribution in [0.3, 0.4) is 0 Å². The topological polar surface area (TPSA) is 44.0 Å². The van der Waals surface area contributed by atoms with E-state index in [0.717, 1.165) is 0 Å². The minimum atomic E-state index is -1.16. The lowest BCUT2D eigenvalue weighted by Gasteiger charge is -2.03. The van der Waals surface area contributed by atoms with Gasteiger partial charge in [-0.3, -0.25) is 0 Å². The third-order valence-electron chi connectivity index (χ3n) is 1.62. The molecule has 1 unspecified atom stereocenters. The average Bonchev–Trinajstić information content (AvgIpc) is 2.08. The second kappa shape index (κ2) is 3.33. The lowest BCUT2D eigenvalue weighted by molar-refractivity contribution is 0.235. The van der Waals surface area contributed by atoms with Crippen LogP contribution in [0.25, 0.3) is 0 Å². The second-order valence-corrected chi connectivity index (χ2v) is 2.54. The molecule has 1 rings (SSSR count). The zero-order valence-electron chi connectivity index (χ0n) is 6.58. The van der Waals surface area contributed by atoms with Crippen molar-refractivity contribution in [2.45, 2.75) is 13.0 Å². The van der Waals surface area contributed by atoms with Gasteiger partial charge in [0.1, 0.15) is 5.82 Å². The molecule has 0 fully saturated rings. The molecule has 0 radical (unpaired) electrons. The van der Waals surface area contributed by atoms with Gasteiger partial charge in [0.15, 0.2) is 6.10 Å². The van der Waals surface area contributed by atoms with E-state index >= 15 is 0 Å². The largest absolute Gasteiger partial charge is 0.374 e. The van der Waals surface area contributed by atoms with Crippen LogP contribution in [0.4, 0.5) is 4.39 Å². The van der Waals surface area contributed by atoms with Gasteiger partial charge in [0.2, 0.25) is 0 Å². The van der Waals surface area contributed by atoms with Crippen molar-refractivity contribution in [3.8, 4) is 6.07 Å². The summed E-state index contributed by atoms with van der Waals surface area (Å²) < 4.78 is 12.7. The van der Waals surface area contributed by atoms with Gasteiger partial charge in [0.05, 0.1) is 6.07 Å². The van der Waals surface area contributed by atoms with Crippen LogP contribution in [-0.4, -0.2) is 5.11 Å².